The van der Waals surface area contributed by atoms with E-state index in [9.17, 15) is 0 Å². The summed E-state index contributed by atoms with van der Waals surface area (Å²) in [6.07, 6.45) is 5.12. The van der Waals surface area contributed by atoms with Crippen molar-refractivity contribution in [3.8, 4) is 0 Å². The number of nitrogens with two attached hydrogens (primary N) is 1. The van der Waals surface area contributed by atoms with E-state index >= 15 is 0 Å². The Kier molecular flexibility index (Phi) is 7.13. The van der Waals surface area contributed by atoms with Gasteiger partial charge in [0.1, 0.15) is 0 Å². The van der Waals surface area contributed by atoms with Gasteiger partial charge in [0.05, 0.1) is 0 Å². The molecule has 140 valence electrons. The number of likely N-dealkylation sites (tertiary alicyclic amines) is 2. The highest BCUT2D eigenvalue weighted by Crippen LogP contribution is 2.20. The van der Waals surface area contributed by atoms with Crippen LogP contribution in [0.2, 0.25) is 0 Å². The van der Waals surface area contributed by atoms with E-state index in [1.54, 1.807) is 0 Å². The molecule has 5 nitrogen and oxygen atoms in total. The Balaban J connectivity index is 1.39. The van der Waals surface area contributed by atoms with Gasteiger partial charge in [0, 0.05) is 37.1 Å². The van der Waals surface area contributed by atoms with E-state index in [2.05, 4.69) is 44.5 Å². The highest BCUT2D eigenvalue weighted by atomic mass is 32.1. The van der Waals surface area contributed by atoms with Crippen LogP contribution in [0.15, 0.2) is 22.5 Å². The van der Waals surface area contributed by atoms with Crippen LogP contribution in [0.3, 0.4) is 0 Å². The van der Waals surface area contributed by atoms with Crippen LogP contribution in [0.5, 0.6) is 0 Å². The number of likely N-dealkylation sites (N-methyl/N-ethyl adjacent to an activating group) is 1. The molecular formula is C19H33N5S. The molecule has 1 aromatic rings. The first kappa shape index (κ1) is 18.7. The zero-order valence-corrected chi connectivity index (χ0v) is 16.3. The number of guanidine groups is 1. The topological polar surface area (TPSA) is 56.9 Å². The zero-order valence-electron chi connectivity index (χ0n) is 15.5. The summed E-state index contributed by atoms with van der Waals surface area (Å²) >= 11 is 1.85. The van der Waals surface area contributed by atoms with Gasteiger partial charge in [0.2, 0.25) is 0 Å². The van der Waals surface area contributed by atoms with Crippen LogP contribution in [-0.2, 0) is 6.54 Å². The Labute approximate surface area is 156 Å². The van der Waals surface area contributed by atoms with Gasteiger partial charge in [-0.05, 0) is 62.7 Å². The summed E-state index contributed by atoms with van der Waals surface area (Å²) in [6, 6.07) is 4.99. The largest absolute Gasteiger partial charge is 0.370 e. The fraction of sp³-hybridized carbons (Fsp3) is 0.737. The van der Waals surface area contributed by atoms with Crippen molar-refractivity contribution in [2.75, 3.05) is 39.3 Å². The van der Waals surface area contributed by atoms with Gasteiger partial charge in [0.25, 0.3) is 0 Å². The third kappa shape index (κ3) is 5.69. The number of thiophene rings is 1. The molecule has 0 amide bonds. The summed E-state index contributed by atoms with van der Waals surface area (Å²) < 4.78 is 0. The molecule has 2 atom stereocenters. The van der Waals surface area contributed by atoms with E-state index in [1.807, 2.05) is 11.3 Å². The van der Waals surface area contributed by atoms with Gasteiger partial charge in [-0.2, -0.15) is 0 Å². The minimum Gasteiger partial charge on any atom is -0.370 e. The maximum absolute atomic E-state index is 6.11. The molecular weight excluding hydrogens is 330 g/mol. The monoisotopic (exact) mass is 363 g/mol. The van der Waals surface area contributed by atoms with Crippen LogP contribution < -0.4 is 11.1 Å². The average molecular weight is 364 g/mol. The number of aliphatic imine (C=N–C) groups is 1. The van der Waals surface area contributed by atoms with Crippen LogP contribution in [0.25, 0.3) is 0 Å². The first-order valence-electron chi connectivity index (χ1n) is 9.77. The summed E-state index contributed by atoms with van der Waals surface area (Å²) in [4.78, 5) is 11.2. The third-order valence-corrected chi connectivity index (χ3v) is 6.37. The maximum atomic E-state index is 6.11. The fourth-order valence-electron chi connectivity index (χ4n) is 4.12. The molecule has 25 heavy (non-hydrogen) atoms. The second-order valence-corrected chi connectivity index (χ2v) is 8.39. The Morgan fingerprint density at radius 3 is 3.04 bits per heavy atom. The molecule has 2 unspecified atom stereocenters. The molecule has 0 bridgehead atoms. The number of rotatable bonds is 7. The lowest BCUT2D eigenvalue weighted by molar-refractivity contribution is 0.172. The van der Waals surface area contributed by atoms with Gasteiger partial charge in [0.15, 0.2) is 5.96 Å². The van der Waals surface area contributed by atoms with Gasteiger partial charge in [-0.3, -0.25) is 14.8 Å². The number of hydrogen-bond donors (Lipinski definition) is 2. The van der Waals surface area contributed by atoms with E-state index in [0.29, 0.717) is 17.9 Å². The van der Waals surface area contributed by atoms with Crippen molar-refractivity contribution in [3.05, 3.63) is 22.4 Å². The van der Waals surface area contributed by atoms with Crippen molar-refractivity contribution in [3.63, 3.8) is 0 Å². The minimum absolute atomic E-state index is 0.620. The molecule has 2 saturated heterocycles. The van der Waals surface area contributed by atoms with Crippen LogP contribution in [0, 0.1) is 5.92 Å². The van der Waals surface area contributed by atoms with Crippen LogP contribution >= 0.6 is 11.3 Å². The highest BCUT2D eigenvalue weighted by Gasteiger charge is 2.23. The predicted octanol–water partition coefficient (Wildman–Crippen LogP) is 2.35. The van der Waals surface area contributed by atoms with Gasteiger partial charge in [-0.15, -0.1) is 11.3 Å². The second kappa shape index (κ2) is 9.55. The molecule has 1 aromatic heterocycles. The normalized spacial score (nSPS) is 26.2. The Bertz CT molecular complexity index is 530. The lowest BCUT2D eigenvalue weighted by atomic mass is 9.98. The maximum Gasteiger partial charge on any atom is 0.188 e. The van der Waals surface area contributed by atoms with Crippen LogP contribution in [0.4, 0.5) is 0 Å². The number of hydrogen-bond acceptors (Lipinski definition) is 4. The molecule has 0 aliphatic carbocycles. The number of nitrogens with zero attached hydrogens (tertiary/aromatic N) is 3. The highest BCUT2D eigenvalue weighted by molar-refractivity contribution is 7.09. The van der Waals surface area contributed by atoms with Gasteiger partial charge >= 0.3 is 0 Å². The fourth-order valence-corrected chi connectivity index (χ4v) is 4.86. The third-order valence-electron chi connectivity index (χ3n) is 5.51. The molecule has 0 aromatic carbocycles. The molecule has 2 fully saturated rings. The van der Waals surface area contributed by atoms with Crippen LogP contribution in [-0.4, -0.2) is 61.1 Å². The molecule has 6 heteroatoms. The molecule has 2 aliphatic rings. The van der Waals surface area contributed by atoms with Crippen molar-refractivity contribution in [2.45, 2.75) is 45.2 Å². The SMILES string of the molecule is CCN1CCCC1CNC(N)=NCC1CCCN(Cc2cccs2)C1. The van der Waals surface area contributed by atoms with E-state index in [-0.39, 0.29) is 0 Å². The van der Waals surface area contributed by atoms with E-state index in [0.717, 1.165) is 32.7 Å². The Morgan fingerprint density at radius 1 is 1.36 bits per heavy atom. The molecule has 3 heterocycles. The summed E-state index contributed by atoms with van der Waals surface area (Å²) in [6.45, 7) is 9.80. The Hall–Kier alpha value is -1.11. The van der Waals surface area contributed by atoms with E-state index in [1.165, 1.54) is 43.6 Å². The first-order chi connectivity index (χ1) is 12.2. The molecule has 0 radical (unpaired) electrons. The van der Waals surface area contributed by atoms with Crippen molar-refractivity contribution in [1.82, 2.24) is 15.1 Å². The predicted molar refractivity (Wildman–Crippen MR) is 107 cm³/mol. The second-order valence-electron chi connectivity index (χ2n) is 7.35. The van der Waals surface area contributed by atoms with E-state index in [4.69, 9.17) is 5.73 Å². The summed E-state index contributed by atoms with van der Waals surface area (Å²) in [5, 5.41) is 5.51. The van der Waals surface area contributed by atoms with Crippen molar-refractivity contribution in [1.29, 1.82) is 0 Å². The van der Waals surface area contributed by atoms with Crippen molar-refractivity contribution >= 4 is 17.3 Å². The van der Waals surface area contributed by atoms with Crippen molar-refractivity contribution in [2.24, 2.45) is 16.6 Å². The number of nitrogens with one attached hydrogen (secondary N) is 1. The Morgan fingerprint density at radius 2 is 2.24 bits per heavy atom. The van der Waals surface area contributed by atoms with Gasteiger partial charge < -0.3 is 11.1 Å². The zero-order chi connectivity index (χ0) is 17.5. The van der Waals surface area contributed by atoms with Gasteiger partial charge in [-0.1, -0.05) is 13.0 Å². The lowest BCUT2D eigenvalue weighted by Crippen LogP contribution is -2.43. The quantitative estimate of drug-likeness (QED) is 0.577. The average Bonchev–Trinajstić information content (AvgIpc) is 3.29. The molecule has 3 N–H and O–H groups in total. The molecule has 0 spiro atoms. The van der Waals surface area contributed by atoms with E-state index < -0.39 is 0 Å². The summed E-state index contributed by atoms with van der Waals surface area (Å²) in [7, 11) is 0. The minimum atomic E-state index is 0.620. The molecule has 3 rings (SSSR count). The summed E-state index contributed by atoms with van der Waals surface area (Å²) in [5.74, 6) is 1.26. The smallest absolute Gasteiger partial charge is 0.188 e. The number of piperidine rings is 1. The molecule has 2 aliphatic heterocycles. The lowest BCUT2D eigenvalue weighted by Gasteiger charge is -2.31. The summed E-state index contributed by atoms with van der Waals surface area (Å²) in [5.41, 5.74) is 6.11. The van der Waals surface area contributed by atoms with Crippen LogP contribution in [0.1, 0.15) is 37.5 Å². The van der Waals surface area contributed by atoms with Gasteiger partial charge in [-0.25, -0.2) is 0 Å². The molecule has 0 saturated carbocycles. The first-order valence-corrected chi connectivity index (χ1v) is 10.6. The van der Waals surface area contributed by atoms with Crippen molar-refractivity contribution < 1.29 is 0 Å². The standard InChI is InChI=1S/C19H33N5S/c1-2-24-10-4-7-17(24)13-22-19(20)21-12-16-6-3-9-23(14-16)15-18-8-5-11-25-18/h5,8,11,16-17H,2-4,6-7,9-10,12-15H2,1H3,(H3,20,21,22).